The highest BCUT2D eigenvalue weighted by atomic mass is 16.2. The molecule has 0 saturated heterocycles. The normalized spacial score (nSPS) is 14.5. The van der Waals surface area contributed by atoms with E-state index in [4.69, 9.17) is 4.98 Å². The first-order valence-electron chi connectivity index (χ1n) is 8.88. The first kappa shape index (κ1) is 16.7. The van der Waals surface area contributed by atoms with Gasteiger partial charge in [-0.3, -0.25) is 9.48 Å². The van der Waals surface area contributed by atoms with Gasteiger partial charge in [-0.15, -0.1) is 0 Å². The Bertz CT molecular complexity index is 999. The molecule has 1 aliphatic heterocycles. The average molecular weight is 349 g/mol. The molecular weight excluding hydrogens is 326 g/mol. The molecule has 0 aliphatic carbocycles. The van der Waals surface area contributed by atoms with Crippen LogP contribution in [0.4, 0.5) is 0 Å². The van der Waals surface area contributed by atoms with E-state index in [9.17, 15) is 4.79 Å². The zero-order valence-electron chi connectivity index (χ0n) is 15.7. The Labute approximate surface area is 152 Å². The summed E-state index contributed by atoms with van der Waals surface area (Å²) in [5.41, 5.74) is 4.61. The minimum Gasteiger partial charge on any atom is -0.337 e. The standard InChI is InChI=1S/C20H23N5O/c1-20(2,3)19(26)25-6-5-17-15(12-25)8-13-7-14(9-21-18(13)23-17)16-10-22-24(4)11-16/h7-11H,5-6,12H2,1-4H3. The number of pyridine rings is 2. The van der Waals surface area contributed by atoms with Gasteiger partial charge in [-0.2, -0.15) is 5.10 Å². The first-order chi connectivity index (χ1) is 12.3. The van der Waals surface area contributed by atoms with E-state index in [1.54, 1.807) is 4.68 Å². The Balaban J connectivity index is 1.70. The van der Waals surface area contributed by atoms with Gasteiger partial charge in [-0.05, 0) is 17.7 Å². The van der Waals surface area contributed by atoms with Crippen LogP contribution in [0.2, 0.25) is 0 Å². The van der Waals surface area contributed by atoms with E-state index >= 15 is 0 Å². The number of aryl methyl sites for hydroxylation is 1. The van der Waals surface area contributed by atoms with Crippen molar-refractivity contribution in [2.75, 3.05) is 6.54 Å². The highest BCUT2D eigenvalue weighted by Gasteiger charge is 2.30. The number of nitrogens with zero attached hydrogens (tertiary/aromatic N) is 5. The van der Waals surface area contributed by atoms with E-state index in [0.29, 0.717) is 6.54 Å². The molecule has 0 radical (unpaired) electrons. The SMILES string of the molecule is Cn1cc(-c2cnc3nc4c(cc3c2)CN(C(=O)C(C)(C)C)CC4)cn1. The summed E-state index contributed by atoms with van der Waals surface area (Å²) in [5.74, 6) is 0.186. The topological polar surface area (TPSA) is 63.9 Å². The van der Waals surface area contributed by atoms with Crippen molar-refractivity contribution in [3.63, 3.8) is 0 Å². The van der Waals surface area contributed by atoms with Crippen molar-refractivity contribution >= 4 is 16.9 Å². The van der Waals surface area contributed by atoms with Crippen molar-refractivity contribution in [1.82, 2.24) is 24.6 Å². The molecular formula is C20H23N5O. The zero-order valence-corrected chi connectivity index (χ0v) is 15.7. The molecule has 0 atom stereocenters. The second-order valence-electron chi connectivity index (χ2n) is 7.99. The van der Waals surface area contributed by atoms with Crippen molar-refractivity contribution in [3.8, 4) is 11.1 Å². The monoisotopic (exact) mass is 349 g/mol. The van der Waals surface area contributed by atoms with Crippen LogP contribution < -0.4 is 0 Å². The average Bonchev–Trinajstić information content (AvgIpc) is 3.04. The Morgan fingerprint density at radius 2 is 1.96 bits per heavy atom. The third-order valence-corrected chi connectivity index (χ3v) is 4.78. The summed E-state index contributed by atoms with van der Waals surface area (Å²) in [4.78, 5) is 23.8. The Morgan fingerprint density at radius 1 is 1.15 bits per heavy atom. The predicted molar refractivity (Wildman–Crippen MR) is 100 cm³/mol. The van der Waals surface area contributed by atoms with Crippen molar-refractivity contribution in [3.05, 3.63) is 42.0 Å². The molecule has 6 nitrogen and oxygen atoms in total. The molecule has 6 heteroatoms. The lowest BCUT2D eigenvalue weighted by Crippen LogP contribution is -2.42. The van der Waals surface area contributed by atoms with Gasteiger partial charge >= 0.3 is 0 Å². The molecule has 0 unspecified atom stereocenters. The smallest absolute Gasteiger partial charge is 0.228 e. The lowest BCUT2D eigenvalue weighted by Gasteiger charge is -2.33. The minimum absolute atomic E-state index is 0.186. The maximum absolute atomic E-state index is 12.6. The van der Waals surface area contributed by atoms with Gasteiger partial charge in [-0.25, -0.2) is 9.97 Å². The molecule has 1 amide bonds. The van der Waals surface area contributed by atoms with Gasteiger partial charge in [0.2, 0.25) is 5.91 Å². The summed E-state index contributed by atoms with van der Waals surface area (Å²) in [5, 5.41) is 5.22. The van der Waals surface area contributed by atoms with Crippen LogP contribution in [-0.2, 0) is 24.8 Å². The second-order valence-corrected chi connectivity index (χ2v) is 7.99. The van der Waals surface area contributed by atoms with Gasteiger partial charge in [0.25, 0.3) is 0 Å². The summed E-state index contributed by atoms with van der Waals surface area (Å²) >= 11 is 0. The largest absolute Gasteiger partial charge is 0.337 e. The third kappa shape index (κ3) is 2.96. The molecule has 3 aromatic heterocycles. The minimum atomic E-state index is -0.364. The molecule has 1 aliphatic rings. The maximum atomic E-state index is 12.6. The van der Waals surface area contributed by atoms with Crippen molar-refractivity contribution in [1.29, 1.82) is 0 Å². The molecule has 4 heterocycles. The van der Waals surface area contributed by atoms with Gasteiger partial charge in [0.15, 0.2) is 5.65 Å². The number of fused-ring (bicyclic) bond motifs is 2. The Hall–Kier alpha value is -2.76. The lowest BCUT2D eigenvalue weighted by molar-refractivity contribution is -0.140. The van der Waals surface area contributed by atoms with Crippen LogP contribution in [0.3, 0.4) is 0 Å². The zero-order chi connectivity index (χ0) is 18.5. The molecule has 0 bridgehead atoms. The summed E-state index contributed by atoms with van der Waals surface area (Å²) in [6.07, 6.45) is 6.42. The lowest BCUT2D eigenvalue weighted by atomic mass is 9.93. The van der Waals surface area contributed by atoms with E-state index in [0.717, 1.165) is 46.4 Å². The van der Waals surface area contributed by atoms with Gasteiger partial charge in [0.1, 0.15) is 0 Å². The van der Waals surface area contributed by atoms with Crippen LogP contribution in [0.25, 0.3) is 22.2 Å². The van der Waals surface area contributed by atoms with Crippen molar-refractivity contribution in [2.24, 2.45) is 12.5 Å². The maximum Gasteiger partial charge on any atom is 0.228 e. The van der Waals surface area contributed by atoms with Crippen LogP contribution >= 0.6 is 0 Å². The van der Waals surface area contributed by atoms with E-state index < -0.39 is 0 Å². The highest BCUT2D eigenvalue weighted by molar-refractivity contribution is 5.83. The van der Waals surface area contributed by atoms with Crippen molar-refractivity contribution < 1.29 is 4.79 Å². The van der Waals surface area contributed by atoms with Crippen LogP contribution in [0.5, 0.6) is 0 Å². The van der Waals surface area contributed by atoms with Gasteiger partial charge < -0.3 is 4.90 Å². The summed E-state index contributed by atoms with van der Waals surface area (Å²) in [6, 6.07) is 4.23. The molecule has 0 saturated carbocycles. The predicted octanol–water partition coefficient (Wildman–Crippen LogP) is 2.96. The second kappa shape index (κ2) is 5.90. The molecule has 0 spiro atoms. The Kier molecular flexibility index (Phi) is 3.79. The fourth-order valence-electron chi connectivity index (χ4n) is 3.40. The molecule has 4 rings (SSSR count). The number of rotatable bonds is 1. The molecule has 26 heavy (non-hydrogen) atoms. The molecule has 134 valence electrons. The number of hydrogen-bond donors (Lipinski definition) is 0. The number of carbonyl (C=O) groups excluding carboxylic acids is 1. The molecule has 0 aromatic carbocycles. The Morgan fingerprint density at radius 3 is 2.65 bits per heavy atom. The molecule has 3 aromatic rings. The van der Waals surface area contributed by atoms with E-state index in [2.05, 4.69) is 22.2 Å². The quantitative estimate of drug-likeness (QED) is 0.677. The van der Waals surface area contributed by atoms with E-state index in [-0.39, 0.29) is 11.3 Å². The van der Waals surface area contributed by atoms with Crippen LogP contribution in [-0.4, -0.2) is 37.1 Å². The van der Waals surface area contributed by atoms with Crippen LogP contribution in [0.15, 0.2) is 30.7 Å². The van der Waals surface area contributed by atoms with Gasteiger partial charge in [0.05, 0.1) is 6.20 Å². The number of carbonyl (C=O) groups is 1. The molecule has 0 fully saturated rings. The molecule has 0 N–H and O–H groups in total. The summed E-state index contributed by atoms with van der Waals surface area (Å²) in [7, 11) is 1.90. The summed E-state index contributed by atoms with van der Waals surface area (Å²) < 4.78 is 1.78. The number of amides is 1. The number of hydrogen-bond acceptors (Lipinski definition) is 4. The highest BCUT2D eigenvalue weighted by Crippen LogP contribution is 2.27. The third-order valence-electron chi connectivity index (χ3n) is 4.78. The van der Waals surface area contributed by atoms with Gasteiger partial charge in [0, 0.05) is 66.6 Å². The van der Waals surface area contributed by atoms with Gasteiger partial charge in [-0.1, -0.05) is 20.8 Å². The fraction of sp³-hybridized carbons (Fsp3) is 0.400. The number of aromatic nitrogens is 4. The fourth-order valence-corrected chi connectivity index (χ4v) is 3.40. The van der Waals surface area contributed by atoms with Crippen LogP contribution in [0, 0.1) is 5.41 Å². The van der Waals surface area contributed by atoms with E-state index in [1.807, 2.05) is 51.3 Å². The van der Waals surface area contributed by atoms with E-state index in [1.165, 1.54) is 0 Å². The first-order valence-corrected chi connectivity index (χ1v) is 8.88. The van der Waals surface area contributed by atoms with Crippen LogP contribution in [0.1, 0.15) is 32.0 Å². The van der Waals surface area contributed by atoms with Crippen molar-refractivity contribution in [2.45, 2.75) is 33.7 Å². The summed E-state index contributed by atoms with van der Waals surface area (Å²) in [6.45, 7) is 7.23.